The number of rotatable bonds is 15. The lowest BCUT2D eigenvalue weighted by Gasteiger charge is -2.34. The molecule has 1 aliphatic carbocycles. The van der Waals surface area contributed by atoms with E-state index >= 15 is 0 Å². The van der Waals surface area contributed by atoms with Crippen LogP contribution in [0.3, 0.4) is 0 Å². The maximum Gasteiger partial charge on any atom is 0.0788 e. The summed E-state index contributed by atoms with van der Waals surface area (Å²) in [6.07, 6.45) is 26.9. The van der Waals surface area contributed by atoms with E-state index in [1.54, 1.807) is 19.3 Å². The third-order valence-corrected chi connectivity index (χ3v) is 7.95. The van der Waals surface area contributed by atoms with Crippen molar-refractivity contribution >= 4 is 0 Å². The zero-order chi connectivity index (χ0) is 19.2. The first-order chi connectivity index (χ1) is 13.3. The second-order valence-corrected chi connectivity index (χ2v) is 10.2. The number of quaternary nitrogens is 1. The van der Waals surface area contributed by atoms with Crippen molar-refractivity contribution in [3.63, 3.8) is 0 Å². The molecule has 2 atom stereocenters. The van der Waals surface area contributed by atoms with Gasteiger partial charge in [-0.25, -0.2) is 0 Å². The van der Waals surface area contributed by atoms with Crippen molar-refractivity contribution in [3.05, 3.63) is 0 Å². The van der Waals surface area contributed by atoms with Crippen molar-refractivity contribution in [3.8, 4) is 0 Å². The zero-order valence-electron chi connectivity index (χ0n) is 19.2. The molecule has 0 aromatic carbocycles. The number of likely N-dealkylation sites (tertiary alicyclic amines) is 1. The molecule has 0 amide bonds. The minimum absolute atomic E-state index is 1.08. The molecule has 27 heavy (non-hydrogen) atoms. The van der Waals surface area contributed by atoms with Crippen LogP contribution in [0.25, 0.3) is 0 Å². The molecule has 1 saturated carbocycles. The summed E-state index contributed by atoms with van der Waals surface area (Å²) < 4.78 is 1.49. The molecule has 1 heteroatoms. The maximum atomic E-state index is 2.34. The smallest absolute Gasteiger partial charge is 0.0788 e. The minimum Gasteiger partial charge on any atom is -0.324 e. The van der Waals surface area contributed by atoms with E-state index in [-0.39, 0.29) is 0 Å². The van der Waals surface area contributed by atoms with Crippen molar-refractivity contribution in [2.24, 2.45) is 11.8 Å². The molecule has 0 N–H and O–H groups in total. The van der Waals surface area contributed by atoms with E-state index in [2.05, 4.69) is 13.8 Å². The van der Waals surface area contributed by atoms with Crippen LogP contribution in [0.15, 0.2) is 0 Å². The molecule has 1 heterocycles. The third-order valence-electron chi connectivity index (χ3n) is 7.95. The number of hydrogen-bond donors (Lipinski definition) is 0. The highest BCUT2D eigenvalue weighted by Gasteiger charge is 2.30. The van der Waals surface area contributed by atoms with Crippen LogP contribution in [-0.2, 0) is 0 Å². The predicted molar refractivity (Wildman–Crippen MR) is 121 cm³/mol. The van der Waals surface area contributed by atoms with Gasteiger partial charge in [0.25, 0.3) is 0 Å². The summed E-state index contributed by atoms with van der Waals surface area (Å²) in [5.74, 6) is 2.17. The van der Waals surface area contributed by atoms with Gasteiger partial charge in [0.05, 0.1) is 26.2 Å². The van der Waals surface area contributed by atoms with Crippen LogP contribution >= 0.6 is 0 Å². The van der Waals surface area contributed by atoms with E-state index in [1.807, 2.05) is 0 Å². The standard InChI is InChI=1S/C26H52N/c1-3-5-9-17-25-19-11-12-20-26(25)18-10-7-8-14-22-27(21-13-6-4-2)23-15-16-24-27/h25-26H,3-24H2,1-2H3/q+1. The fourth-order valence-corrected chi connectivity index (χ4v) is 6.17. The SMILES string of the molecule is CCCCCC1CCCCC1CCCCCC[N+]1(CCCCC)CCCC1. The topological polar surface area (TPSA) is 0 Å². The summed E-state index contributed by atoms with van der Waals surface area (Å²) in [6, 6.07) is 0. The van der Waals surface area contributed by atoms with Gasteiger partial charge in [-0.1, -0.05) is 90.9 Å². The van der Waals surface area contributed by atoms with Gasteiger partial charge in [-0.15, -0.1) is 0 Å². The number of unbranched alkanes of at least 4 members (excludes halogenated alkanes) is 7. The molecule has 1 saturated heterocycles. The number of nitrogens with zero attached hydrogens (tertiary/aromatic N) is 1. The van der Waals surface area contributed by atoms with Gasteiger partial charge < -0.3 is 4.48 Å². The van der Waals surface area contributed by atoms with Gasteiger partial charge >= 0.3 is 0 Å². The molecule has 1 aliphatic heterocycles. The molecule has 0 bridgehead atoms. The first kappa shape index (κ1) is 23.2. The molecule has 0 aromatic rings. The Morgan fingerprint density at radius 1 is 0.556 bits per heavy atom. The highest BCUT2D eigenvalue weighted by Crippen LogP contribution is 2.36. The Labute approximate surface area is 172 Å². The summed E-state index contributed by atoms with van der Waals surface area (Å²) in [4.78, 5) is 0. The Kier molecular flexibility index (Phi) is 12.1. The molecular weight excluding hydrogens is 326 g/mol. The highest BCUT2D eigenvalue weighted by atomic mass is 15.4. The maximum absolute atomic E-state index is 2.34. The van der Waals surface area contributed by atoms with Gasteiger partial charge in [-0.05, 0) is 37.5 Å². The average molecular weight is 379 g/mol. The van der Waals surface area contributed by atoms with E-state index in [9.17, 15) is 0 Å². The molecule has 2 aliphatic rings. The van der Waals surface area contributed by atoms with E-state index in [0.29, 0.717) is 0 Å². The summed E-state index contributed by atoms with van der Waals surface area (Å²) >= 11 is 0. The van der Waals surface area contributed by atoms with E-state index in [4.69, 9.17) is 0 Å². The summed E-state index contributed by atoms with van der Waals surface area (Å²) in [7, 11) is 0. The van der Waals surface area contributed by atoms with Crippen LogP contribution in [0, 0.1) is 11.8 Å². The van der Waals surface area contributed by atoms with E-state index in [0.717, 1.165) is 11.8 Å². The lowest BCUT2D eigenvalue weighted by Crippen LogP contribution is -2.46. The van der Waals surface area contributed by atoms with E-state index < -0.39 is 0 Å². The Bertz CT molecular complexity index is 344. The van der Waals surface area contributed by atoms with Crippen LogP contribution in [0.5, 0.6) is 0 Å². The predicted octanol–water partition coefficient (Wildman–Crippen LogP) is 8.12. The average Bonchev–Trinajstić information content (AvgIpc) is 3.15. The molecule has 2 unspecified atom stereocenters. The number of hydrogen-bond acceptors (Lipinski definition) is 0. The van der Waals surface area contributed by atoms with Gasteiger partial charge in [0, 0.05) is 12.8 Å². The van der Waals surface area contributed by atoms with Gasteiger partial charge in [-0.3, -0.25) is 0 Å². The van der Waals surface area contributed by atoms with Crippen molar-refractivity contribution < 1.29 is 4.48 Å². The Balaban J connectivity index is 1.57. The van der Waals surface area contributed by atoms with Gasteiger partial charge in [0.15, 0.2) is 0 Å². The first-order valence-electron chi connectivity index (χ1n) is 13.1. The lowest BCUT2D eigenvalue weighted by molar-refractivity contribution is -0.917. The summed E-state index contributed by atoms with van der Waals surface area (Å²) in [5.41, 5.74) is 0. The second-order valence-electron chi connectivity index (χ2n) is 10.2. The second kappa shape index (κ2) is 14.0. The highest BCUT2D eigenvalue weighted by molar-refractivity contribution is 4.75. The molecule has 0 radical (unpaired) electrons. The van der Waals surface area contributed by atoms with Crippen LogP contribution in [-0.4, -0.2) is 30.7 Å². The molecule has 2 fully saturated rings. The quantitative estimate of drug-likeness (QED) is 0.199. The molecule has 0 aromatic heterocycles. The Hall–Kier alpha value is -0.0400. The van der Waals surface area contributed by atoms with Gasteiger partial charge in [0.1, 0.15) is 0 Å². The van der Waals surface area contributed by atoms with E-state index in [1.165, 1.54) is 127 Å². The largest absolute Gasteiger partial charge is 0.324 e. The van der Waals surface area contributed by atoms with Crippen molar-refractivity contribution in [1.29, 1.82) is 0 Å². The van der Waals surface area contributed by atoms with Gasteiger partial charge in [0.2, 0.25) is 0 Å². The van der Waals surface area contributed by atoms with Crippen LogP contribution in [0.1, 0.15) is 129 Å². The fraction of sp³-hybridized carbons (Fsp3) is 1.00. The van der Waals surface area contributed by atoms with Crippen molar-refractivity contribution in [2.45, 2.75) is 129 Å². The molecule has 0 spiro atoms. The third kappa shape index (κ3) is 8.88. The monoisotopic (exact) mass is 378 g/mol. The van der Waals surface area contributed by atoms with Crippen LogP contribution in [0.4, 0.5) is 0 Å². The summed E-state index contributed by atoms with van der Waals surface area (Å²) in [6.45, 7) is 10.6. The fourth-order valence-electron chi connectivity index (χ4n) is 6.17. The van der Waals surface area contributed by atoms with Crippen molar-refractivity contribution in [1.82, 2.24) is 0 Å². The Morgan fingerprint density at radius 2 is 1.04 bits per heavy atom. The van der Waals surface area contributed by atoms with Gasteiger partial charge in [-0.2, -0.15) is 0 Å². The molecule has 1 nitrogen and oxygen atoms in total. The summed E-state index contributed by atoms with van der Waals surface area (Å²) in [5, 5.41) is 0. The van der Waals surface area contributed by atoms with Crippen molar-refractivity contribution in [2.75, 3.05) is 26.2 Å². The first-order valence-corrected chi connectivity index (χ1v) is 13.1. The molecular formula is C26H52N+. The zero-order valence-corrected chi connectivity index (χ0v) is 19.2. The van der Waals surface area contributed by atoms with Crippen LogP contribution in [0.2, 0.25) is 0 Å². The Morgan fingerprint density at radius 3 is 1.63 bits per heavy atom. The van der Waals surface area contributed by atoms with Crippen LogP contribution < -0.4 is 0 Å². The normalized spacial score (nSPS) is 25.1. The minimum atomic E-state index is 1.08. The molecule has 2 rings (SSSR count). The lowest BCUT2D eigenvalue weighted by atomic mass is 9.74. The molecule has 160 valence electrons.